The van der Waals surface area contributed by atoms with Gasteiger partial charge in [0.15, 0.2) is 0 Å². The normalized spacial score (nSPS) is 21.8. The minimum Gasteiger partial charge on any atom is -0.370 e. The molecule has 0 spiro atoms. The fraction of sp³-hybridized carbons (Fsp3) is 0.647. The summed E-state index contributed by atoms with van der Waals surface area (Å²) in [5.74, 6) is 2.16. The van der Waals surface area contributed by atoms with Crippen LogP contribution in [0.25, 0.3) is 0 Å². The summed E-state index contributed by atoms with van der Waals surface area (Å²) in [5, 5.41) is 6.27. The lowest BCUT2D eigenvalue weighted by Crippen LogP contribution is -2.33. The van der Waals surface area contributed by atoms with Crippen LogP contribution in [0.15, 0.2) is 18.3 Å². The summed E-state index contributed by atoms with van der Waals surface area (Å²) in [4.78, 5) is 16.4. The van der Waals surface area contributed by atoms with Crippen molar-refractivity contribution in [2.45, 2.75) is 46.0 Å². The Bertz CT molecular complexity index is 444. The molecular formula is C17H27N3O. The van der Waals surface area contributed by atoms with E-state index in [0.29, 0.717) is 11.5 Å². The molecule has 21 heavy (non-hydrogen) atoms. The number of amides is 1. The third kappa shape index (κ3) is 4.73. The molecule has 4 heteroatoms. The van der Waals surface area contributed by atoms with Gasteiger partial charge >= 0.3 is 0 Å². The number of carbonyl (C=O) groups is 1. The van der Waals surface area contributed by atoms with Crippen LogP contribution in [0.4, 0.5) is 5.82 Å². The van der Waals surface area contributed by atoms with Crippen LogP contribution in [-0.2, 0) is 0 Å². The summed E-state index contributed by atoms with van der Waals surface area (Å²) in [6.07, 6.45) is 7.87. The van der Waals surface area contributed by atoms with E-state index in [9.17, 15) is 4.79 Å². The first-order valence-corrected chi connectivity index (χ1v) is 8.18. The molecule has 0 aromatic carbocycles. The molecule has 0 saturated heterocycles. The number of nitrogens with one attached hydrogen (secondary N) is 2. The Labute approximate surface area is 127 Å². The van der Waals surface area contributed by atoms with Gasteiger partial charge in [0, 0.05) is 19.3 Å². The molecule has 1 aromatic rings. The van der Waals surface area contributed by atoms with E-state index in [-0.39, 0.29) is 5.91 Å². The molecule has 1 heterocycles. The minimum atomic E-state index is -0.0117. The Morgan fingerprint density at radius 2 is 2.14 bits per heavy atom. The van der Waals surface area contributed by atoms with E-state index in [2.05, 4.69) is 29.5 Å². The van der Waals surface area contributed by atoms with Crippen molar-refractivity contribution in [2.75, 3.05) is 18.4 Å². The van der Waals surface area contributed by atoms with Gasteiger partial charge < -0.3 is 10.6 Å². The lowest BCUT2D eigenvalue weighted by atomic mass is 9.80. The molecule has 116 valence electrons. The topological polar surface area (TPSA) is 54.0 Å². The highest BCUT2D eigenvalue weighted by Gasteiger charge is 2.21. The molecule has 1 fully saturated rings. The Morgan fingerprint density at radius 1 is 1.33 bits per heavy atom. The molecule has 1 aliphatic carbocycles. The monoisotopic (exact) mass is 289 g/mol. The molecule has 0 aliphatic heterocycles. The van der Waals surface area contributed by atoms with Gasteiger partial charge in [0.25, 0.3) is 5.91 Å². The Hall–Kier alpha value is -1.58. The van der Waals surface area contributed by atoms with Crippen molar-refractivity contribution in [1.82, 2.24) is 10.3 Å². The minimum absolute atomic E-state index is 0.0117. The number of hydrogen-bond donors (Lipinski definition) is 2. The fourth-order valence-corrected chi connectivity index (χ4v) is 2.91. The van der Waals surface area contributed by atoms with E-state index in [1.165, 1.54) is 25.7 Å². The molecule has 2 atom stereocenters. The molecular weight excluding hydrogens is 262 g/mol. The van der Waals surface area contributed by atoms with E-state index in [1.54, 1.807) is 6.20 Å². The summed E-state index contributed by atoms with van der Waals surface area (Å²) in [6.45, 7) is 6.10. The van der Waals surface area contributed by atoms with Gasteiger partial charge in [-0.25, -0.2) is 4.98 Å². The van der Waals surface area contributed by atoms with Crippen molar-refractivity contribution >= 4 is 11.7 Å². The van der Waals surface area contributed by atoms with Gasteiger partial charge in [0.1, 0.15) is 5.82 Å². The van der Waals surface area contributed by atoms with Crippen molar-refractivity contribution in [2.24, 2.45) is 11.8 Å². The van der Waals surface area contributed by atoms with E-state index < -0.39 is 0 Å². The first kappa shape index (κ1) is 15.8. The second-order valence-electron chi connectivity index (χ2n) is 6.09. The Kier molecular flexibility index (Phi) is 6.03. The maximum absolute atomic E-state index is 12.1. The van der Waals surface area contributed by atoms with Crippen LogP contribution in [0.3, 0.4) is 0 Å². The highest BCUT2D eigenvalue weighted by Crippen LogP contribution is 2.28. The third-order valence-electron chi connectivity index (χ3n) is 4.40. The van der Waals surface area contributed by atoms with Gasteiger partial charge in [0.05, 0.1) is 5.56 Å². The van der Waals surface area contributed by atoms with Crippen molar-refractivity contribution < 1.29 is 4.79 Å². The summed E-state index contributed by atoms with van der Waals surface area (Å²) in [6, 6.07) is 3.71. The number of pyridine rings is 1. The van der Waals surface area contributed by atoms with Crippen LogP contribution in [0.2, 0.25) is 0 Å². The SMILES string of the molecule is CCCNc1ccc(C(=O)NCC2CCCCC2C)cn1. The standard InChI is InChI=1S/C17H27N3O/c1-3-10-18-16-9-8-15(12-19-16)17(21)20-11-14-7-5-4-6-13(14)2/h8-9,12-14H,3-7,10-11H2,1-2H3,(H,18,19)(H,20,21). The van der Waals surface area contributed by atoms with Crippen LogP contribution in [0.1, 0.15) is 56.3 Å². The molecule has 1 saturated carbocycles. The van der Waals surface area contributed by atoms with Crippen molar-refractivity contribution in [3.8, 4) is 0 Å². The molecule has 2 rings (SSSR count). The van der Waals surface area contributed by atoms with Gasteiger partial charge in [-0.1, -0.05) is 33.1 Å². The lowest BCUT2D eigenvalue weighted by Gasteiger charge is -2.28. The second kappa shape index (κ2) is 8.01. The highest BCUT2D eigenvalue weighted by atomic mass is 16.1. The highest BCUT2D eigenvalue weighted by molar-refractivity contribution is 5.94. The number of carbonyl (C=O) groups excluding carboxylic acids is 1. The predicted molar refractivity (Wildman–Crippen MR) is 86.5 cm³/mol. The summed E-state index contributed by atoms with van der Waals surface area (Å²) in [5.41, 5.74) is 0.639. The summed E-state index contributed by atoms with van der Waals surface area (Å²) < 4.78 is 0. The molecule has 1 aromatic heterocycles. The van der Waals surface area contributed by atoms with E-state index in [4.69, 9.17) is 0 Å². The number of aromatic nitrogens is 1. The van der Waals surface area contributed by atoms with Crippen LogP contribution in [0, 0.1) is 11.8 Å². The van der Waals surface area contributed by atoms with Gasteiger partial charge in [-0.2, -0.15) is 0 Å². The summed E-state index contributed by atoms with van der Waals surface area (Å²) >= 11 is 0. The summed E-state index contributed by atoms with van der Waals surface area (Å²) in [7, 11) is 0. The van der Waals surface area contributed by atoms with Gasteiger partial charge in [-0.05, 0) is 36.8 Å². The zero-order valence-electron chi connectivity index (χ0n) is 13.2. The third-order valence-corrected chi connectivity index (χ3v) is 4.40. The maximum atomic E-state index is 12.1. The zero-order chi connectivity index (χ0) is 15.1. The van der Waals surface area contributed by atoms with Crippen LogP contribution in [-0.4, -0.2) is 24.0 Å². The average molecular weight is 289 g/mol. The maximum Gasteiger partial charge on any atom is 0.252 e. The Morgan fingerprint density at radius 3 is 2.81 bits per heavy atom. The van der Waals surface area contributed by atoms with Gasteiger partial charge in [-0.15, -0.1) is 0 Å². The quantitative estimate of drug-likeness (QED) is 0.843. The van der Waals surface area contributed by atoms with E-state index in [0.717, 1.165) is 31.2 Å². The van der Waals surface area contributed by atoms with Crippen LogP contribution in [0.5, 0.6) is 0 Å². The predicted octanol–water partition coefficient (Wildman–Crippen LogP) is 3.46. The van der Waals surface area contributed by atoms with Crippen molar-refractivity contribution in [1.29, 1.82) is 0 Å². The number of anilines is 1. The fourth-order valence-electron chi connectivity index (χ4n) is 2.91. The molecule has 2 unspecified atom stereocenters. The molecule has 0 radical (unpaired) electrons. The number of hydrogen-bond acceptors (Lipinski definition) is 3. The first-order chi connectivity index (χ1) is 10.2. The van der Waals surface area contributed by atoms with Gasteiger partial charge in [0.2, 0.25) is 0 Å². The largest absolute Gasteiger partial charge is 0.370 e. The Balaban J connectivity index is 1.82. The van der Waals surface area contributed by atoms with Crippen LogP contribution < -0.4 is 10.6 Å². The van der Waals surface area contributed by atoms with E-state index in [1.807, 2.05) is 12.1 Å². The second-order valence-corrected chi connectivity index (χ2v) is 6.09. The van der Waals surface area contributed by atoms with Crippen molar-refractivity contribution in [3.05, 3.63) is 23.9 Å². The molecule has 2 N–H and O–H groups in total. The molecule has 1 aliphatic rings. The lowest BCUT2D eigenvalue weighted by molar-refractivity contribution is 0.0936. The van der Waals surface area contributed by atoms with Crippen LogP contribution >= 0.6 is 0 Å². The molecule has 1 amide bonds. The molecule has 4 nitrogen and oxygen atoms in total. The van der Waals surface area contributed by atoms with E-state index >= 15 is 0 Å². The smallest absolute Gasteiger partial charge is 0.252 e. The van der Waals surface area contributed by atoms with Crippen molar-refractivity contribution in [3.63, 3.8) is 0 Å². The average Bonchev–Trinajstić information content (AvgIpc) is 2.52. The first-order valence-electron chi connectivity index (χ1n) is 8.18. The number of nitrogens with zero attached hydrogens (tertiary/aromatic N) is 1. The molecule has 0 bridgehead atoms. The van der Waals surface area contributed by atoms with Gasteiger partial charge in [-0.3, -0.25) is 4.79 Å². The zero-order valence-corrected chi connectivity index (χ0v) is 13.2. The number of rotatable bonds is 6.